The SMILES string of the molecule is CN1CCCC1C1(CO)CC1. The van der Waals surface area contributed by atoms with Crippen LogP contribution in [0.15, 0.2) is 0 Å². The van der Waals surface area contributed by atoms with Gasteiger partial charge in [-0.15, -0.1) is 0 Å². The summed E-state index contributed by atoms with van der Waals surface area (Å²) in [6.07, 6.45) is 5.12. The second kappa shape index (κ2) is 2.46. The molecule has 1 atom stereocenters. The molecule has 0 aromatic rings. The topological polar surface area (TPSA) is 23.5 Å². The van der Waals surface area contributed by atoms with Crippen molar-refractivity contribution in [2.75, 3.05) is 20.2 Å². The molecule has 0 aromatic carbocycles. The average Bonchev–Trinajstić information content (AvgIpc) is 2.70. The van der Waals surface area contributed by atoms with E-state index in [4.69, 9.17) is 0 Å². The molecule has 2 heteroatoms. The highest BCUT2D eigenvalue weighted by molar-refractivity contribution is 5.03. The normalized spacial score (nSPS) is 36.0. The molecule has 1 unspecified atom stereocenters. The number of aliphatic hydroxyl groups is 1. The van der Waals surface area contributed by atoms with E-state index in [1.54, 1.807) is 0 Å². The van der Waals surface area contributed by atoms with Gasteiger partial charge in [-0.25, -0.2) is 0 Å². The maximum Gasteiger partial charge on any atom is 0.0502 e. The van der Waals surface area contributed by atoms with Crippen LogP contribution in [0.4, 0.5) is 0 Å². The summed E-state index contributed by atoms with van der Waals surface area (Å²) in [6, 6.07) is 0.687. The molecule has 0 amide bonds. The van der Waals surface area contributed by atoms with Gasteiger partial charge in [0.1, 0.15) is 0 Å². The molecule has 0 radical (unpaired) electrons. The summed E-state index contributed by atoms with van der Waals surface area (Å²) < 4.78 is 0. The summed E-state index contributed by atoms with van der Waals surface area (Å²) in [7, 11) is 2.19. The maximum atomic E-state index is 9.21. The quantitative estimate of drug-likeness (QED) is 0.639. The van der Waals surface area contributed by atoms with Crippen LogP contribution in [0.1, 0.15) is 25.7 Å². The van der Waals surface area contributed by atoms with Gasteiger partial charge in [0.25, 0.3) is 0 Å². The molecule has 1 saturated heterocycles. The van der Waals surface area contributed by atoms with Crippen molar-refractivity contribution in [1.82, 2.24) is 4.90 Å². The zero-order valence-corrected chi connectivity index (χ0v) is 7.21. The Labute approximate surface area is 68.2 Å². The van der Waals surface area contributed by atoms with Gasteiger partial charge in [0.05, 0.1) is 6.61 Å². The molecule has 1 aliphatic heterocycles. The molecule has 2 rings (SSSR count). The summed E-state index contributed by atoms with van der Waals surface area (Å²) in [4.78, 5) is 2.42. The summed E-state index contributed by atoms with van der Waals surface area (Å²) in [5, 5.41) is 9.21. The fourth-order valence-corrected chi connectivity index (χ4v) is 2.44. The van der Waals surface area contributed by atoms with E-state index in [2.05, 4.69) is 11.9 Å². The molecular weight excluding hydrogens is 138 g/mol. The Balaban J connectivity index is 2.03. The predicted octanol–water partition coefficient (Wildman–Crippen LogP) is 0.853. The lowest BCUT2D eigenvalue weighted by molar-refractivity contribution is 0.126. The first kappa shape index (κ1) is 7.56. The van der Waals surface area contributed by atoms with Crippen molar-refractivity contribution in [2.45, 2.75) is 31.7 Å². The van der Waals surface area contributed by atoms with Gasteiger partial charge in [-0.1, -0.05) is 0 Å². The van der Waals surface area contributed by atoms with Crippen molar-refractivity contribution < 1.29 is 5.11 Å². The monoisotopic (exact) mass is 155 g/mol. The average molecular weight is 155 g/mol. The van der Waals surface area contributed by atoms with Gasteiger partial charge in [0.2, 0.25) is 0 Å². The third-order valence-electron chi connectivity index (χ3n) is 3.43. The Morgan fingerprint density at radius 1 is 1.55 bits per heavy atom. The first-order valence-electron chi connectivity index (χ1n) is 4.60. The van der Waals surface area contributed by atoms with E-state index in [9.17, 15) is 5.11 Å². The molecule has 1 N–H and O–H groups in total. The van der Waals surface area contributed by atoms with Gasteiger partial charge in [-0.3, -0.25) is 0 Å². The van der Waals surface area contributed by atoms with Crippen LogP contribution >= 0.6 is 0 Å². The summed E-state index contributed by atoms with van der Waals surface area (Å²) in [5.41, 5.74) is 0.325. The third-order valence-corrected chi connectivity index (χ3v) is 3.43. The van der Waals surface area contributed by atoms with Gasteiger partial charge in [0.15, 0.2) is 0 Å². The number of aliphatic hydroxyl groups excluding tert-OH is 1. The van der Waals surface area contributed by atoms with E-state index in [1.807, 2.05) is 0 Å². The van der Waals surface area contributed by atoms with Crippen LogP contribution in [0.2, 0.25) is 0 Å². The first-order valence-corrected chi connectivity index (χ1v) is 4.60. The molecule has 0 bridgehead atoms. The third kappa shape index (κ3) is 1.09. The molecule has 1 heterocycles. The highest BCUT2D eigenvalue weighted by Crippen LogP contribution is 2.52. The molecular formula is C9H17NO. The molecule has 1 saturated carbocycles. The van der Waals surface area contributed by atoms with Gasteiger partial charge < -0.3 is 10.0 Å². The lowest BCUT2D eigenvalue weighted by Gasteiger charge is -2.27. The molecule has 1 aliphatic carbocycles. The Bertz CT molecular complexity index is 154. The van der Waals surface area contributed by atoms with Crippen molar-refractivity contribution >= 4 is 0 Å². The van der Waals surface area contributed by atoms with Crippen LogP contribution in [0.5, 0.6) is 0 Å². The molecule has 2 fully saturated rings. The van der Waals surface area contributed by atoms with Gasteiger partial charge in [0, 0.05) is 11.5 Å². The second-order valence-corrected chi connectivity index (χ2v) is 4.16. The number of hydrogen-bond acceptors (Lipinski definition) is 2. The van der Waals surface area contributed by atoms with Crippen molar-refractivity contribution in [3.63, 3.8) is 0 Å². The molecule has 11 heavy (non-hydrogen) atoms. The van der Waals surface area contributed by atoms with E-state index in [-0.39, 0.29) is 0 Å². The molecule has 64 valence electrons. The van der Waals surface area contributed by atoms with Crippen molar-refractivity contribution in [3.8, 4) is 0 Å². The minimum absolute atomic E-state index is 0.325. The van der Waals surface area contributed by atoms with E-state index in [0.29, 0.717) is 18.1 Å². The van der Waals surface area contributed by atoms with E-state index in [0.717, 1.165) is 0 Å². The van der Waals surface area contributed by atoms with Crippen LogP contribution in [-0.4, -0.2) is 36.2 Å². The molecule has 0 spiro atoms. The van der Waals surface area contributed by atoms with E-state index >= 15 is 0 Å². The fraction of sp³-hybridized carbons (Fsp3) is 1.00. The van der Waals surface area contributed by atoms with Crippen LogP contribution in [0, 0.1) is 5.41 Å². The van der Waals surface area contributed by atoms with Crippen molar-refractivity contribution in [2.24, 2.45) is 5.41 Å². The van der Waals surface area contributed by atoms with Crippen LogP contribution in [-0.2, 0) is 0 Å². The lowest BCUT2D eigenvalue weighted by Crippen LogP contribution is -2.35. The van der Waals surface area contributed by atoms with Crippen LogP contribution < -0.4 is 0 Å². The Kier molecular flexibility index (Phi) is 1.69. The Morgan fingerprint density at radius 3 is 2.64 bits per heavy atom. The predicted molar refractivity (Wildman–Crippen MR) is 44.4 cm³/mol. The van der Waals surface area contributed by atoms with Gasteiger partial charge in [-0.05, 0) is 39.3 Å². The smallest absolute Gasteiger partial charge is 0.0502 e. The second-order valence-electron chi connectivity index (χ2n) is 4.16. The summed E-state index contributed by atoms with van der Waals surface area (Å²) in [6.45, 7) is 1.63. The highest BCUT2D eigenvalue weighted by Gasteiger charge is 2.51. The minimum atomic E-state index is 0.325. The largest absolute Gasteiger partial charge is 0.396 e. The number of hydrogen-bond donors (Lipinski definition) is 1. The molecule has 2 nitrogen and oxygen atoms in total. The molecule has 2 aliphatic rings. The zero-order chi connectivity index (χ0) is 7.90. The minimum Gasteiger partial charge on any atom is -0.396 e. The van der Waals surface area contributed by atoms with E-state index < -0.39 is 0 Å². The Hall–Kier alpha value is -0.0800. The zero-order valence-electron chi connectivity index (χ0n) is 7.21. The number of rotatable bonds is 2. The maximum absolute atomic E-state index is 9.21. The van der Waals surface area contributed by atoms with Crippen molar-refractivity contribution in [1.29, 1.82) is 0 Å². The van der Waals surface area contributed by atoms with Gasteiger partial charge >= 0.3 is 0 Å². The van der Waals surface area contributed by atoms with Crippen LogP contribution in [0.25, 0.3) is 0 Å². The van der Waals surface area contributed by atoms with Crippen LogP contribution in [0.3, 0.4) is 0 Å². The first-order chi connectivity index (χ1) is 5.28. The summed E-state index contributed by atoms with van der Waals surface area (Å²) >= 11 is 0. The van der Waals surface area contributed by atoms with Gasteiger partial charge in [-0.2, -0.15) is 0 Å². The fourth-order valence-electron chi connectivity index (χ4n) is 2.44. The summed E-state index contributed by atoms with van der Waals surface area (Å²) in [5.74, 6) is 0. The molecule has 0 aromatic heterocycles. The van der Waals surface area contributed by atoms with Crippen molar-refractivity contribution in [3.05, 3.63) is 0 Å². The lowest BCUT2D eigenvalue weighted by atomic mass is 9.95. The Morgan fingerprint density at radius 2 is 2.27 bits per heavy atom. The highest BCUT2D eigenvalue weighted by atomic mass is 16.3. The van der Waals surface area contributed by atoms with E-state index in [1.165, 1.54) is 32.2 Å². The standard InChI is InChI=1S/C9H17NO/c1-10-6-2-3-8(10)9(7-11)4-5-9/h8,11H,2-7H2,1H3. The number of likely N-dealkylation sites (tertiary alicyclic amines) is 1. The number of nitrogens with zero attached hydrogens (tertiary/aromatic N) is 1.